The standard InChI is InChI=1S/C15H25F3N2O3/c1-10(2)4-3-9-19-14(22)23-12-7-5-11(6-8-12)20-13(21)15(16,17)18/h10-12H,3-9H2,1-2H3,(H,19,22)(H,20,21). The molecule has 8 heteroatoms. The molecule has 1 saturated carbocycles. The van der Waals surface area contributed by atoms with Crippen molar-refractivity contribution in [2.75, 3.05) is 6.54 Å². The molecule has 2 N–H and O–H groups in total. The van der Waals surface area contributed by atoms with Crippen molar-refractivity contribution >= 4 is 12.0 Å². The fraction of sp³-hybridized carbons (Fsp3) is 0.867. The Bertz CT molecular complexity index is 392. The van der Waals surface area contributed by atoms with E-state index in [2.05, 4.69) is 19.2 Å². The summed E-state index contributed by atoms with van der Waals surface area (Å²) in [6, 6.07) is -0.516. The SMILES string of the molecule is CC(C)CCCNC(=O)OC1CCC(NC(=O)C(F)(F)F)CC1. The van der Waals surface area contributed by atoms with Crippen LogP contribution < -0.4 is 10.6 Å². The van der Waals surface area contributed by atoms with Gasteiger partial charge >= 0.3 is 18.2 Å². The minimum atomic E-state index is -4.86. The molecule has 1 fully saturated rings. The molecule has 2 amide bonds. The zero-order chi connectivity index (χ0) is 17.5. The van der Waals surface area contributed by atoms with Gasteiger partial charge in [0, 0.05) is 12.6 Å². The van der Waals surface area contributed by atoms with E-state index < -0.39 is 24.2 Å². The Labute approximate surface area is 134 Å². The van der Waals surface area contributed by atoms with Gasteiger partial charge in [-0.15, -0.1) is 0 Å². The Morgan fingerprint density at radius 3 is 2.30 bits per heavy atom. The quantitative estimate of drug-likeness (QED) is 0.731. The minimum absolute atomic E-state index is 0.306. The first kappa shape index (κ1) is 19.6. The van der Waals surface area contributed by atoms with Crippen LogP contribution >= 0.6 is 0 Å². The van der Waals surface area contributed by atoms with Gasteiger partial charge in [0.15, 0.2) is 0 Å². The van der Waals surface area contributed by atoms with Crippen LogP contribution in [0.3, 0.4) is 0 Å². The van der Waals surface area contributed by atoms with Crippen LogP contribution in [0.2, 0.25) is 0 Å². The van der Waals surface area contributed by atoms with Gasteiger partial charge in [-0.1, -0.05) is 13.8 Å². The third kappa shape index (κ3) is 8.08. The molecule has 0 aromatic heterocycles. The normalized spacial score (nSPS) is 21.8. The summed E-state index contributed by atoms with van der Waals surface area (Å²) < 4.78 is 41.7. The van der Waals surface area contributed by atoms with Crippen LogP contribution in [-0.4, -0.2) is 36.9 Å². The van der Waals surface area contributed by atoms with Crippen molar-refractivity contribution in [3.05, 3.63) is 0 Å². The molecule has 0 aliphatic heterocycles. The molecule has 1 aliphatic rings. The number of halogens is 3. The maximum Gasteiger partial charge on any atom is 0.471 e. The summed E-state index contributed by atoms with van der Waals surface area (Å²) in [4.78, 5) is 22.5. The molecule has 0 atom stereocenters. The molecule has 134 valence electrons. The first-order valence-electron chi connectivity index (χ1n) is 8.00. The lowest BCUT2D eigenvalue weighted by molar-refractivity contribution is -0.174. The number of carbonyl (C=O) groups is 2. The molecule has 1 rings (SSSR count). The summed E-state index contributed by atoms with van der Waals surface area (Å²) >= 11 is 0. The van der Waals surface area contributed by atoms with Gasteiger partial charge in [0.25, 0.3) is 0 Å². The van der Waals surface area contributed by atoms with Crippen LogP contribution in [0.25, 0.3) is 0 Å². The molecule has 23 heavy (non-hydrogen) atoms. The van der Waals surface area contributed by atoms with Gasteiger partial charge in [-0.05, 0) is 44.4 Å². The average molecular weight is 338 g/mol. The average Bonchev–Trinajstić information content (AvgIpc) is 2.44. The number of ether oxygens (including phenoxy) is 1. The van der Waals surface area contributed by atoms with E-state index in [1.54, 1.807) is 0 Å². The first-order valence-corrected chi connectivity index (χ1v) is 8.00. The van der Waals surface area contributed by atoms with Crippen LogP contribution in [0, 0.1) is 5.92 Å². The number of hydrogen-bond acceptors (Lipinski definition) is 3. The topological polar surface area (TPSA) is 67.4 Å². The van der Waals surface area contributed by atoms with Crippen LogP contribution in [0.5, 0.6) is 0 Å². The zero-order valence-electron chi connectivity index (χ0n) is 13.5. The molecule has 0 heterocycles. The van der Waals surface area contributed by atoms with Crippen LogP contribution in [0.15, 0.2) is 0 Å². The predicted octanol–water partition coefficient (Wildman–Crippen LogP) is 3.14. The van der Waals surface area contributed by atoms with E-state index in [9.17, 15) is 22.8 Å². The van der Waals surface area contributed by atoms with Crippen molar-refractivity contribution in [1.82, 2.24) is 10.6 Å². The number of amides is 2. The third-order valence-corrected chi connectivity index (χ3v) is 3.77. The van der Waals surface area contributed by atoms with Gasteiger partial charge in [0.05, 0.1) is 0 Å². The van der Waals surface area contributed by atoms with Crippen LogP contribution in [0.4, 0.5) is 18.0 Å². The van der Waals surface area contributed by atoms with Gasteiger partial charge in [-0.3, -0.25) is 4.79 Å². The zero-order valence-corrected chi connectivity index (χ0v) is 13.5. The molecule has 0 aromatic carbocycles. The third-order valence-electron chi connectivity index (χ3n) is 3.77. The highest BCUT2D eigenvalue weighted by atomic mass is 19.4. The molecule has 5 nitrogen and oxygen atoms in total. The fourth-order valence-corrected chi connectivity index (χ4v) is 2.49. The molecule has 0 saturated heterocycles. The monoisotopic (exact) mass is 338 g/mol. The van der Waals surface area contributed by atoms with Gasteiger partial charge in [-0.2, -0.15) is 13.2 Å². The second-order valence-electron chi connectivity index (χ2n) is 6.31. The summed E-state index contributed by atoms with van der Waals surface area (Å²) in [5, 5.41) is 4.63. The molecule has 0 aromatic rings. The van der Waals surface area contributed by atoms with Crippen molar-refractivity contribution < 1.29 is 27.5 Å². The fourth-order valence-electron chi connectivity index (χ4n) is 2.49. The summed E-state index contributed by atoms with van der Waals surface area (Å²) in [5.41, 5.74) is 0. The lowest BCUT2D eigenvalue weighted by Gasteiger charge is -2.29. The van der Waals surface area contributed by atoms with E-state index in [1.807, 2.05) is 5.32 Å². The van der Waals surface area contributed by atoms with Crippen LogP contribution in [0.1, 0.15) is 52.4 Å². The molecule has 1 aliphatic carbocycles. The highest BCUT2D eigenvalue weighted by molar-refractivity contribution is 5.81. The highest BCUT2D eigenvalue weighted by Gasteiger charge is 2.40. The number of nitrogens with one attached hydrogen (secondary N) is 2. The Kier molecular flexibility index (Phi) is 7.64. The summed E-state index contributed by atoms with van der Waals surface area (Å²) in [5.74, 6) is -1.33. The number of alkyl carbamates (subject to hydrolysis) is 1. The lowest BCUT2D eigenvalue weighted by atomic mass is 9.93. The highest BCUT2D eigenvalue weighted by Crippen LogP contribution is 2.23. The van der Waals surface area contributed by atoms with Gasteiger partial charge in [-0.25, -0.2) is 4.79 Å². The molecule has 0 radical (unpaired) electrons. The maximum absolute atomic E-state index is 12.2. The second-order valence-corrected chi connectivity index (χ2v) is 6.31. The van der Waals surface area contributed by atoms with Crippen LogP contribution in [-0.2, 0) is 9.53 Å². The summed E-state index contributed by atoms with van der Waals surface area (Å²) in [7, 11) is 0. The first-order chi connectivity index (χ1) is 10.7. The van der Waals surface area contributed by atoms with E-state index in [-0.39, 0.29) is 6.10 Å². The van der Waals surface area contributed by atoms with Crippen molar-refractivity contribution in [3.63, 3.8) is 0 Å². The number of alkyl halides is 3. The van der Waals surface area contributed by atoms with E-state index in [0.717, 1.165) is 12.8 Å². The van der Waals surface area contributed by atoms with E-state index in [4.69, 9.17) is 4.74 Å². The Morgan fingerprint density at radius 1 is 1.17 bits per heavy atom. The summed E-state index contributed by atoms with van der Waals surface area (Å²) in [6.07, 6.45) is -2.13. The lowest BCUT2D eigenvalue weighted by Crippen LogP contribution is -2.45. The smallest absolute Gasteiger partial charge is 0.446 e. The Morgan fingerprint density at radius 2 is 1.78 bits per heavy atom. The van der Waals surface area contributed by atoms with Crippen molar-refractivity contribution in [3.8, 4) is 0 Å². The molecule has 0 unspecified atom stereocenters. The second kappa shape index (κ2) is 8.98. The van der Waals surface area contributed by atoms with E-state index in [0.29, 0.717) is 38.1 Å². The number of carbonyl (C=O) groups excluding carboxylic acids is 2. The van der Waals surface area contributed by atoms with E-state index >= 15 is 0 Å². The van der Waals surface area contributed by atoms with E-state index in [1.165, 1.54) is 0 Å². The predicted molar refractivity (Wildman–Crippen MR) is 78.8 cm³/mol. The Balaban J connectivity index is 2.18. The molecule has 0 spiro atoms. The van der Waals surface area contributed by atoms with Crippen molar-refractivity contribution in [1.29, 1.82) is 0 Å². The van der Waals surface area contributed by atoms with Crippen molar-refractivity contribution in [2.45, 2.75) is 70.7 Å². The number of rotatable bonds is 6. The largest absolute Gasteiger partial charge is 0.471 e. The molecular formula is C15H25F3N2O3. The minimum Gasteiger partial charge on any atom is -0.446 e. The molecular weight excluding hydrogens is 313 g/mol. The van der Waals surface area contributed by atoms with Crippen molar-refractivity contribution in [2.24, 2.45) is 5.92 Å². The molecule has 0 bridgehead atoms. The van der Waals surface area contributed by atoms with Gasteiger partial charge < -0.3 is 15.4 Å². The maximum atomic E-state index is 12.2. The van der Waals surface area contributed by atoms with Gasteiger partial charge in [0.2, 0.25) is 0 Å². The van der Waals surface area contributed by atoms with Gasteiger partial charge in [0.1, 0.15) is 6.10 Å². The Hall–Kier alpha value is -1.47. The number of hydrogen-bond donors (Lipinski definition) is 2. The summed E-state index contributed by atoms with van der Waals surface area (Å²) in [6.45, 7) is 4.76.